The van der Waals surface area contributed by atoms with Gasteiger partial charge in [-0.25, -0.2) is 0 Å². The third-order valence-electron chi connectivity index (χ3n) is 2.99. The van der Waals surface area contributed by atoms with E-state index in [0.29, 0.717) is 6.04 Å². The van der Waals surface area contributed by atoms with Gasteiger partial charge in [0.05, 0.1) is 0 Å². The molecule has 2 rings (SSSR count). The SMILES string of the molecule is Cc1ccsc1C1CCCC(N)C1. The fourth-order valence-electron chi connectivity index (χ4n) is 2.27. The van der Waals surface area contributed by atoms with Crippen LogP contribution in [0.2, 0.25) is 0 Å². The lowest BCUT2D eigenvalue weighted by atomic mass is 9.84. The average Bonchev–Trinajstić information content (AvgIpc) is 2.51. The second-order valence-corrected chi connectivity index (χ2v) is 5.04. The number of nitrogens with two attached hydrogens (primary N) is 1. The summed E-state index contributed by atoms with van der Waals surface area (Å²) >= 11 is 1.90. The Morgan fingerprint density at radius 3 is 2.92 bits per heavy atom. The van der Waals surface area contributed by atoms with Crippen molar-refractivity contribution in [3.8, 4) is 0 Å². The van der Waals surface area contributed by atoms with Crippen molar-refractivity contribution in [2.45, 2.75) is 44.6 Å². The molecule has 1 heterocycles. The zero-order chi connectivity index (χ0) is 9.26. The third-order valence-corrected chi connectivity index (χ3v) is 4.17. The molecule has 1 aromatic heterocycles. The summed E-state index contributed by atoms with van der Waals surface area (Å²) in [7, 11) is 0. The Morgan fingerprint density at radius 1 is 1.46 bits per heavy atom. The Labute approximate surface area is 84.0 Å². The van der Waals surface area contributed by atoms with E-state index in [-0.39, 0.29) is 0 Å². The zero-order valence-corrected chi connectivity index (χ0v) is 8.94. The molecule has 2 atom stereocenters. The highest BCUT2D eigenvalue weighted by Gasteiger charge is 2.22. The predicted octanol–water partition coefficient (Wildman–Crippen LogP) is 3.04. The van der Waals surface area contributed by atoms with Gasteiger partial charge >= 0.3 is 0 Å². The monoisotopic (exact) mass is 195 g/mol. The van der Waals surface area contributed by atoms with E-state index in [4.69, 9.17) is 5.73 Å². The lowest BCUT2D eigenvalue weighted by molar-refractivity contribution is 0.396. The van der Waals surface area contributed by atoms with Crippen LogP contribution in [0.25, 0.3) is 0 Å². The Hall–Kier alpha value is -0.340. The van der Waals surface area contributed by atoms with Crippen molar-refractivity contribution in [1.29, 1.82) is 0 Å². The zero-order valence-electron chi connectivity index (χ0n) is 8.12. The van der Waals surface area contributed by atoms with Crippen molar-refractivity contribution in [2.75, 3.05) is 0 Å². The maximum Gasteiger partial charge on any atom is 0.0106 e. The van der Waals surface area contributed by atoms with Crippen LogP contribution < -0.4 is 5.73 Å². The third kappa shape index (κ3) is 1.94. The molecule has 1 nitrogen and oxygen atoms in total. The summed E-state index contributed by atoms with van der Waals surface area (Å²) in [6, 6.07) is 2.67. The van der Waals surface area contributed by atoms with E-state index in [9.17, 15) is 0 Å². The first-order valence-corrected chi connectivity index (χ1v) is 5.95. The van der Waals surface area contributed by atoms with E-state index >= 15 is 0 Å². The van der Waals surface area contributed by atoms with E-state index in [2.05, 4.69) is 18.4 Å². The molecule has 13 heavy (non-hydrogen) atoms. The fraction of sp³-hybridized carbons (Fsp3) is 0.636. The number of thiophene rings is 1. The summed E-state index contributed by atoms with van der Waals surface area (Å²) in [5, 5.41) is 2.20. The van der Waals surface area contributed by atoms with Gasteiger partial charge in [0.15, 0.2) is 0 Å². The highest BCUT2D eigenvalue weighted by Crippen LogP contribution is 2.36. The van der Waals surface area contributed by atoms with Crippen molar-refractivity contribution < 1.29 is 0 Å². The minimum atomic E-state index is 0.445. The minimum absolute atomic E-state index is 0.445. The molecule has 2 unspecified atom stereocenters. The quantitative estimate of drug-likeness (QED) is 0.732. The summed E-state index contributed by atoms with van der Waals surface area (Å²) < 4.78 is 0. The first-order valence-electron chi connectivity index (χ1n) is 5.07. The number of rotatable bonds is 1. The van der Waals surface area contributed by atoms with Crippen LogP contribution in [0.3, 0.4) is 0 Å². The molecule has 2 N–H and O–H groups in total. The van der Waals surface area contributed by atoms with Crippen LogP contribution in [0.5, 0.6) is 0 Å². The van der Waals surface area contributed by atoms with E-state index in [0.717, 1.165) is 5.92 Å². The van der Waals surface area contributed by atoms with Crippen LogP contribution in [-0.2, 0) is 0 Å². The molecule has 72 valence electrons. The normalized spacial score (nSPS) is 29.1. The number of hydrogen-bond acceptors (Lipinski definition) is 2. The summed E-state index contributed by atoms with van der Waals surface area (Å²) in [6.07, 6.45) is 5.07. The van der Waals surface area contributed by atoms with Crippen molar-refractivity contribution in [1.82, 2.24) is 0 Å². The molecule has 1 aliphatic rings. The Bertz CT molecular complexity index is 279. The lowest BCUT2D eigenvalue weighted by Crippen LogP contribution is -2.26. The van der Waals surface area contributed by atoms with E-state index in [1.807, 2.05) is 11.3 Å². The van der Waals surface area contributed by atoms with Gasteiger partial charge in [0, 0.05) is 10.9 Å². The Morgan fingerprint density at radius 2 is 2.31 bits per heavy atom. The highest BCUT2D eigenvalue weighted by atomic mass is 32.1. The summed E-state index contributed by atoms with van der Waals surface area (Å²) in [4.78, 5) is 1.58. The maximum absolute atomic E-state index is 5.99. The summed E-state index contributed by atoms with van der Waals surface area (Å²) in [5.41, 5.74) is 7.45. The van der Waals surface area contributed by atoms with Gasteiger partial charge in [-0.05, 0) is 49.1 Å². The molecule has 1 aliphatic carbocycles. The minimum Gasteiger partial charge on any atom is -0.328 e. The molecule has 0 aromatic carbocycles. The Kier molecular flexibility index (Phi) is 2.70. The predicted molar refractivity (Wildman–Crippen MR) is 58.2 cm³/mol. The maximum atomic E-state index is 5.99. The number of hydrogen-bond donors (Lipinski definition) is 1. The molecule has 0 saturated heterocycles. The van der Waals surface area contributed by atoms with Crippen LogP contribution in [0.1, 0.15) is 42.0 Å². The van der Waals surface area contributed by atoms with E-state index in [1.54, 1.807) is 4.88 Å². The largest absolute Gasteiger partial charge is 0.328 e. The molecule has 0 aliphatic heterocycles. The molecule has 0 bridgehead atoms. The molecule has 0 radical (unpaired) electrons. The molecule has 1 saturated carbocycles. The van der Waals surface area contributed by atoms with Crippen LogP contribution >= 0.6 is 11.3 Å². The van der Waals surface area contributed by atoms with Crippen molar-refractivity contribution in [3.63, 3.8) is 0 Å². The fourth-order valence-corrected chi connectivity index (χ4v) is 3.35. The summed E-state index contributed by atoms with van der Waals surface area (Å²) in [5.74, 6) is 0.753. The van der Waals surface area contributed by atoms with Gasteiger partial charge in [-0.1, -0.05) is 6.42 Å². The van der Waals surface area contributed by atoms with Crippen LogP contribution in [0.15, 0.2) is 11.4 Å². The van der Waals surface area contributed by atoms with Crippen molar-refractivity contribution >= 4 is 11.3 Å². The van der Waals surface area contributed by atoms with Gasteiger partial charge in [0.2, 0.25) is 0 Å². The van der Waals surface area contributed by atoms with E-state index < -0.39 is 0 Å². The van der Waals surface area contributed by atoms with Crippen molar-refractivity contribution in [2.24, 2.45) is 5.73 Å². The van der Waals surface area contributed by atoms with Gasteiger partial charge in [-0.15, -0.1) is 11.3 Å². The van der Waals surface area contributed by atoms with Crippen LogP contribution in [0.4, 0.5) is 0 Å². The van der Waals surface area contributed by atoms with Crippen LogP contribution in [0, 0.1) is 6.92 Å². The van der Waals surface area contributed by atoms with Gasteiger partial charge in [0.25, 0.3) is 0 Å². The molecule has 1 fully saturated rings. The van der Waals surface area contributed by atoms with Gasteiger partial charge < -0.3 is 5.73 Å². The molecular formula is C11H17NS. The highest BCUT2D eigenvalue weighted by molar-refractivity contribution is 7.10. The molecule has 0 amide bonds. The van der Waals surface area contributed by atoms with E-state index in [1.165, 1.54) is 31.2 Å². The molecule has 2 heteroatoms. The molecular weight excluding hydrogens is 178 g/mol. The first-order chi connectivity index (χ1) is 6.27. The number of aryl methyl sites for hydroxylation is 1. The second-order valence-electron chi connectivity index (χ2n) is 4.09. The lowest BCUT2D eigenvalue weighted by Gasteiger charge is -2.26. The molecule has 0 spiro atoms. The first kappa shape index (κ1) is 9.22. The van der Waals surface area contributed by atoms with Crippen LogP contribution in [-0.4, -0.2) is 6.04 Å². The molecule has 1 aromatic rings. The smallest absolute Gasteiger partial charge is 0.0106 e. The van der Waals surface area contributed by atoms with Gasteiger partial charge in [-0.3, -0.25) is 0 Å². The van der Waals surface area contributed by atoms with Crippen molar-refractivity contribution in [3.05, 3.63) is 21.9 Å². The standard InChI is InChI=1S/C11H17NS/c1-8-5-6-13-11(8)9-3-2-4-10(12)7-9/h5-6,9-10H,2-4,7,12H2,1H3. The summed E-state index contributed by atoms with van der Waals surface area (Å²) in [6.45, 7) is 2.21. The topological polar surface area (TPSA) is 26.0 Å². The van der Waals surface area contributed by atoms with Gasteiger partial charge in [0.1, 0.15) is 0 Å². The second kappa shape index (κ2) is 3.81. The Balaban J connectivity index is 2.12. The van der Waals surface area contributed by atoms with Gasteiger partial charge in [-0.2, -0.15) is 0 Å². The average molecular weight is 195 g/mol.